The highest BCUT2D eigenvalue weighted by molar-refractivity contribution is 6.67. The molecule has 0 aromatic carbocycles. The van der Waals surface area contributed by atoms with Gasteiger partial charge in [0.1, 0.15) is 5.69 Å². The number of pyridine rings is 1. The molecule has 0 aliphatic carbocycles. The van der Waals surface area contributed by atoms with Crippen molar-refractivity contribution in [3.8, 4) is 0 Å². The van der Waals surface area contributed by atoms with Gasteiger partial charge in [-0.15, -0.1) is 0 Å². The summed E-state index contributed by atoms with van der Waals surface area (Å²) < 4.78 is 4.56. The van der Waals surface area contributed by atoms with Gasteiger partial charge in [0.25, 0.3) is 0 Å². The molecule has 0 spiro atoms. The molecule has 1 aromatic heterocycles. The van der Waals surface area contributed by atoms with E-state index in [9.17, 15) is 9.59 Å². The lowest BCUT2D eigenvalue weighted by atomic mass is 10.1. The Morgan fingerprint density at radius 1 is 1.50 bits per heavy atom. The maximum atomic E-state index is 11.6. The molecule has 0 bridgehead atoms. The fourth-order valence-corrected chi connectivity index (χ4v) is 0.997. The van der Waals surface area contributed by atoms with Crippen LogP contribution in [-0.4, -0.2) is 34.3 Å². The Labute approximate surface area is 91.6 Å². The van der Waals surface area contributed by atoms with Gasteiger partial charge in [-0.2, -0.15) is 0 Å². The van der Waals surface area contributed by atoms with E-state index in [1.807, 2.05) is 0 Å². The van der Waals surface area contributed by atoms with Crippen LogP contribution in [0.15, 0.2) is 29.6 Å². The molecule has 0 atom stereocenters. The molecule has 0 saturated carbocycles. The van der Waals surface area contributed by atoms with Crippen molar-refractivity contribution in [2.24, 2.45) is 5.16 Å². The van der Waals surface area contributed by atoms with Crippen molar-refractivity contribution < 1.29 is 19.5 Å². The Morgan fingerprint density at radius 2 is 2.25 bits per heavy atom. The van der Waals surface area contributed by atoms with Crippen LogP contribution in [-0.2, 0) is 9.53 Å². The summed E-state index contributed by atoms with van der Waals surface area (Å²) in [5.41, 5.74) is -0.663. The Hall–Kier alpha value is -2.24. The second-order valence-electron chi connectivity index (χ2n) is 2.71. The van der Waals surface area contributed by atoms with Gasteiger partial charge >= 0.3 is 5.97 Å². The zero-order valence-corrected chi connectivity index (χ0v) is 8.58. The molecule has 0 aliphatic rings. The summed E-state index contributed by atoms with van der Waals surface area (Å²) in [6, 6.07) is 4.62. The monoisotopic (exact) mass is 222 g/mol. The third-order valence-corrected chi connectivity index (χ3v) is 1.68. The van der Waals surface area contributed by atoms with Gasteiger partial charge < -0.3 is 9.94 Å². The maximum absolute atomic E-state index is 11.6. The summed E-state index contributed by atoms with van der Waals surface area (Å²) >= 11 is 0. The predicted molar refractivity (Wildman–Crippen MR) is 54.4 cm³/mol. The molecular weight excluding hydrogens is 212 g/mol. The van der Waals surface area contributed by atoms with Gasteiger partial charge in [-0.3, -0.25) is 9.78 Å². The van der Waals surface area contributed by atoms with E-state index < -0.39 is 17.5 Å². The SMILES string of the molecule is CCOC(=O)/C(=N\O)C(=O)c1ccccn1. The Kier molecular flexibility index (Phi) is 4.14. The fourth-order valence-electron chi connectivity index (χ4n) is 0.997. The highest BCUT2D eigenvalue weighted by Gasteiger charge is 2.24. The van der Waals surface area contributed by atoms with E-state index in [1.54, 1.807) is 19.1 Å². The summed E-state index contributed by atoms with van der Waals surface area (Å²) in [5.74, 6) is -1.75. The second-order valence-corrected chi connectivity index (χ2v) is 2.71. The molecule has 1 N–H and O–H groups in total. The number of carbonyl (C=O) groups excluding carboxylic acids is 2. The number of hydrogen-bond donors (Lipinski definition) is 1. The lowest BCUT2D eigenvalue weighted by Crippen LogP contribution is -2.27. The van der Waals surface area contributed by atoms with E-state index in [4.69, 9.17) is 5.21 Å². The molecule has 0 unspecified atom stereocenters. The first-order chi connectivity index (χ1) is 7.70. The Morgan fingerprint density at radius 3 is 2.75 bits per heavy atom. The Balaban J connectivity index is 2.92. The molecule has 0 radical (unpaired) electrons. The van der Waals surface area contributed by atoms with Crippen LogP contribution in [0.2, 0.25) is 0 Å². The number of carbonyl (C=O) groups is 2. The smallest absolute Gasteiger partial charge is 0.364 e. The van der Waals surface area contributed by atoms with E-state index in [2.05, 4.69) is 14.9 Å². The van der Waals surface area contributed by atoms with E-state index in [1.165, 1.54) is 12.3 Å². The summed E-state index contributed by atoms with van der Waals surface area (Å²) in [4.78, 5) is 26.6. The molecule has 0 saturated heterocycles. The number of esters is 1. The molecule has 6 heteroatoms. The fraction of sp³-hybridized carbons (Fsp3) is 0.200. The normalized spacial score (nSPS) is 10.9. The van der Waals surface area contributed by atoms with Crippen LogP contribution in [0.4, 0.5) is 0 Å². The van der Waals surface area contributed by atoms with Crippen molar-refractivity contribution in [2.45, 2.75) is 6.92 Å². The van der Waals surface area contributed by atoms with Crippen LogP contribution in [0, 0.1) is 0 Å². The van der Waals surface area contributed by atoms with Crippen molar-refractivity contribution in [2.75, 3.05) is 6.61 Å². The van der Waals surface area contributed by atoms with Crippen molar-refractivity contribution in [1.82, 2.24) is 4.98 Å². The third-order valence-electron chi connectivity index (χ3n) is 1.68. The highest BCUT2D eigenvalue weighted by atomic mass is 16.5. The number of hydrogen-bond acceptors (Lipinski definition) is 6. The molecule has 0 aliphatic heterocycles. The summed E-state index contributed by atoms with van der Waals surface area (Å²) in [6.45, 7) is 1.67. The van der Waals surface area contributed by atoms with Gasteiger partial charge in [0.2, 0.25) is 11.5 Å². The summed E-state index contributed by atoms with van der Waals surface area (Å²) in [5, 5.41) is 11.2. The average molecular weight is 222 g/mol. The molecule has 16 heavy (non-hydrogen) atoms. The van der Waals surface area contributed by atoms with E-state index in [-0.39, 0.29) is 12.3 Å². The molecule has 1 aromatic rings. The average Bonchev–Trinajstić information content (AvgIpc) is 2.31. The van der Waals surface area contributed by atoms with Crippen LogP contribution in [0.5, 0.6) is 0 Å². The topological polar surface area (TPSA) is 88.9 Å². The minimum absolute atomic E-state index is 0.0170. The number of ketones is 1. The predicted octanol–water partition coefficient (Wildman–Crippen LogP) is 0.658. The van der Waals surface area contributed by atoms with Crippen LogP contribution in [0.3, 0.4) is 0 Å². The minimum atomic E-state index is -0.972. The lowest BCUT2D eigenvalue weighted by Gasteiger charge is -2.02. The zero-order chi connectivity index (χ0) is 12.0. The molecule has 0 amide bonds. The van der Waals surface area contributed by atoms with Crippen molar-refractivity contribution in [3.63, 3.8) is 0 Å². The van der Waals surface area contributed by atoms with Crippen LogP contribution in [0.25, 0.3) is 0 Å². The summed E-state index contributed by atoms with van der Waals surface area (Å²) in [6.07, 6.45) is 1.40. The molecule has 1 heterocycles. The van der Waals surface area contributed by atoms with Crippen molar-refractivity contribution >= 4 is 17.5 Å². The van der Waals surface area contributed by atoms with Crippen LogP contribution >= 0.6 is 0 Å². The van der Waals surface area contributed by atoms with Gasteiger partial charge in [-0.05, 0) is 19.1 Å². The third kappa shape index (κ3) is 2.63. The van der Waals surface area contributed by atoms with Gasteiger partial charge in [0.05, 0.1) is 6.61 Å². The number of rotatable bonds is 4. The highest BCUT2D eigenvalue weighted by Crippen LogP contribution is 1.99. The van der Waals surface area contributed by atoms with Gasteiger partial charge in [0.15, 0.2) is 0 Å². The van der Waals surface area contributed by atoms with E-state index in [0.29, 0.717) is 0 Å². The molecule has 84 valence electrons. The first-order valence-electron chi connectivity index (χ1n) is 4.55. The van der Waals surface area contributed by atoms with Crippen molar-refractivity contribution in [1.29, 1.82) is 0 Å². The maximum Gasteiger partial charge on any atom is 0.364 e. The number of nitrogens with zero attached hydrogens (tertiary/aromatic N) is 2. The molecular formula is C10H10N2O4. The van der Waals surface area contributed by atoms with Crippen LogP contribution < -0.4 is 0 Å². The number of ether oxygens (including phenoxy) is 1. The van der Waals surface area contributed by atoms with E-state index in [0.717, 1.165) is 0 Å². The first-order valence-corrected chi connectivity index (χ1v) is 4.55. The molecule has 1 rings (SSSR count). The first kappa shape index (κ1) is 11.8. The largest absolute Gasteiger partial charge is 0.461 e. The minimum Gasteiger partial charge on any atom is -0.461 e. The standard InChI is InChI=1S/C10H10N2O4/c1-2-16-10(14)8(12-15)9(13)7-5-3-4-6-11-7/h3-6,15H,2H2,1H3/b12-8-. The second kappa shape index (κ2) is 5.59. The quantitative estimate of drug-likeness (QED) is 0.202. The summed E-state index contributed by atoms with van der Waals surface area (Å²) in [7, 11) is 0. The van der Waals surface area contributed by atoms with Gasteiger partial charge in [-0.25, -0.2) is 4.79 Å². The van der Waals surface area contributed by atoms with Gasteiger partial charge in [-0.1, -0.05) is 11.2 Å². The molecule has 6 nitrogen and oxygen atoms in total. The zero-order valence-electron chi connectivity index (χ0n) is 8.58. The van der Waals surface area contributed by atoms with Gasteiger partial charge in [0, 0.05) is 6.20 Å². The lowest BCUT2D eigenvalue weighted by molar-refractivity contribution is -0.135. The number of Topliss-reactive ketones (excluding diaryl/α,β-unsaturated/α-hetero) is 1. The van der Waals surface area contributed by atoms with E-state index >= 15 is 0 Å². The molecule has 0 fully saturated rings. The number of oxime groups is 1. The van der Waals surface area contributed by atoms with Crippen LogP contribution in [0.1, 0.15) is 17.4 Å². The number of aromatic nitrogens is 1. The Bertz CT molecular complexity index is 414. The van der Waals surface area contributed by atoms with Crippen molar-refractivity contribution in [3.05, 3.63) is 30.1 Å².